The number of anilines is 3. The fourth-order valence-corrected chi connectivity index (χ4v) is 4.98. The first-order valence-electron chi connectivity index (χ1n) is 10.2. The average molecular weight is 466 g/mol. The lowest BCUT2D eigenvalue weighted by molar-refractivity contribution is -0.121. The van der Waals surface area contributed by atoms with E-state index in [-0.39, 0.29) is 17.3 Å². The van der Waals surface area contributed by atoms with Crippen LogP contribution in [0.15, 0.2) is 77.7 Å². The largest absolute Gasteiger partial charge is 0.497 e. The number of hydrogen-bond donors (Lipinski definition) is 1. The van der Waals surface area contributed by atoms with Gasteiger partial charge in [0.15, 0.2) is 0 Å². The minimum Gasteiger partial charge on any atom is -0.497 e. The molecule has 2 amide bonds. The van der Waals surface area contributed by atoms with Gasteiger partial charge in [0, 0.05) is 0 Å². The maximum Gasteiger partial charge on any atom is 0.264 e. The van der Waals surface area contributed by atoms with Gasteiger partial charge in [0.1, 0.15) is 18.8 Å². The van der Waals surface area contributed by atoms with Gasteiger partial charge in [-0.25, -0.2) is 8.42 Å². The molecule has 1 aliphatic heterocycles. The predicted molar refractivity (Wildman–Crippen MR) is 126 cm³/mol. The monoisotopic (exact) mass is 465 g/mol. The fraction of sp³-hybridized carbons (Fsp3) is 0.167. The van der Waals surface area contributed by atoms with Crippen LogP contribution in [0.1, 0.15) is 5.56 Å². The van der Waals surface area contributed by atoms with Gasteiger partial charge in [0.2, 0.25) is 11.8 Å². The number of amides is 2. The Labute approximate surface area is 192 Å². The van der Waals surface area contributed by atoms with Crippen LogP contribution in [-0.4, -0.2) is 40.4 Å². The summed E-state index contributed by atoms with van der Waals surface area (Å²) in [5, 5.41) is 2.73. The van der Waals surface area contributed by atoms with Gasteiger partial charge in [-0.15, -0.1) is 0 Å². The third-order valence-corrected chi connectivity index (χ3v) is 7.11. The van der Waals surface area contributed by atoms with E-state index in [1.807, 2.05) is 6.92 Å². The van der Waals surface area contributed by atoms with Crippen LogP contribution in [0.3, 0.4) is 0 Å². The van der Waals surface area contributed by atoms with Crippen LogP contribution in [-0.2, 0) is 19.6 Å². The molecule has 0 unspecified atom stereocenters. The third kappa shape index (κ3) is 4.54. The lowest BCUT2D eigenvalue weighted by Crippen LogP contribution is -2.48. The molecular weight excluding hydrogens is 442 g/mol. The summed E-state index contributed by atoms with van der Waals surface area (Å²) in [6, 6.07) is 19.7. The van der Waals surface area contributed by atoms with Gasteiger partial charge < -0.3 is 10.1 Å². The number of aryl methyl sites for hydroxylation is 1. The molecule has 9 heteroatoms. The Morgan fingerprint density at radius 3 is 2.36 bits per heavy atom. The number of hydrogen-bond acceptors (Lipinski definition) is 5. The summed E-state index contributed by atoms with van der Waals surface area (Å²) in [5.74, 6) is -0.347. The Balaban J connectivity index is 1.72. The molecule has 0 fully saturated rings. The molecule has 170 valence electrons. The van der Waals surface area contributed by atoms with E-state index < -0.39 is 22.5 Å². The van der Waals surface area contributed by atoms with Crippen LogP contribution in [0.5, 0.6) is 5.75 Å². The number of fused-ring (bicyclic) bond motifs is 1. The molecule has 1 aliphatic rings. The van der Waals surface area contributed by atoms with Crippen molar-refractivity contribution in [2.75, 3.05) is 34.7 Å². The van der Waals surface area contributed by atoms with Crippen molar-refractivity contribution in [1.29, 1.82) is 0 Å². The number of ether oxygens (including phenoxy) is 1. The summed E-state index contributed by atoms with van der Waals surface area (Å²) in [6.45, 7) is 1.22. The van der Waals surface area contributed by atoms with E-state index in [0.717, 1.165) is 9.87 Å². The van der Waals surface area contributed by atoms with Crippen LogP contribution in [0, 0.1) is 6.92 Å². The topological polar surface area (TPSA) is 96.0 Å². The Bertz CT molecular complexity index is 1290. The van der Waals surface area contributed by atoms with Crippen molar-refractivity contribution in [3.63, 3.8) is 0 Å². The molecule has 0 bridgehead atoms. The van der Waals surface area contributed by atoms with E-state index in [4.69, 9.17) is 4.74 Å². The highest BCUT2D eigenvalue weighted by Crippen LogP contribution is 2.30. The Hall–Kier alpha value is -3.85. The van der Waals surface area contributed by atoms with Gasteiger partial charge in [-0.05, 0) is 55.5 Å². The Morgan fingerprint density at radius 1 is 1.03 bits per heavy atom. The lowest BCUT2D eigenvalue weighted by Gasteiger charge is -2.32. The normalized spacial score (nSPS) is 13.2. The number of carbonyl (C=O) groups is 2. The van der Waals surface area contributed by atoms with Crippen molar-refractivity contribution in [1.82, 2.24) is 0 Å². The minimum absolute atomic E-state index is 0.0217. The molecule has 1 N–H and O–H groups in total. The van der Waals surface area contributed by atoms with Gasteiger partial charge in [0.25, 0.3) is 10.0 Å². The van der Waals surface area contributed by atoms with Gasteiger partial charge in [-0.3, -0.25) is 18.8 Å². The first-order valence-corrected chi connectivity index (χ1v) is 11.7. The second-order valence-corrected chi connectivity index (χ2v) is 9.43. The van der Waals surface area contributed by atoms with Gasteiger partial charge >= 0.3 is 0 Å². The van der Waals surface area contributed by atoms with Crippen molar-refractivity contribution < 1.29 is 22.7 Å². The van der Waals surface area contributed by atoms with E-state index in [1.165, 1.54) is 24.1 Å². The van der Waals surface area contributed by atoms with Gasteiger partial charge in [-0.2, -0.15) is 0 Å². The fourth-order valence-electron chi connectivity index (χ4n) is 3.56. The number of benzene rings is 3. The van der Waals surface area contributed by atoms with Crippen LogP contribution in [0.2, 0.25) is 0 Å². The van der Waals surface area contributed by atoms with Crippen LogP contribution >= 0.6 is 0 Å². The second kappa shape index (κ2) is 8.95. The molecule has 0 atom stereocenters. The molecule has 0 saturated carbocycles. The summed E-state index contributed by atoms with van der Waals surface area (Å²) < 4.78 is 33.3. The standard InChI is InChI=1S/C24H23N3O5S/c1-17-7-9-18(10-8-17)27(33(30,31)20-13-11-19(32-2)12-14-20)16-24(29)26-15-23(28)25-21-5-3-4-6-22(21)26/h3-14H,15-16H2,1-2H3,(H,25,28). The molecule has 4 rings (SSSR count). The maximum atomic E-state index is 13.6. The van der Waals surface area contributed by atoms with Crippen molar-refractivity contribution in [3.05, 3.63) is 78.4 Å². The lowest BCUT2D eigenvalue weighted by atomic mass is 10.2. The van der Waals surface area contributed by atoms with E-state index >= 15 is 0 Å². The predicted octanol–water partition coefficient (Wildman–Crippen LogP) is 3.18. The number of methoxy groups -OCH3 is 1. The first kappa shape index (κ1) is 22.3. The number of para-hydroxylation sites is 2. The molecule has 3 aromatic rings. The number of carbonyl (C=O) groups excluding carboxylic acids is 2. The Morgan fingerprint density at radius 2 is 1.70 bits per heavy atom. The highest BCUT2D eigenvalue weighted by molar-refractivity contribution is 7.92. The van der Waals surface area contributed by atoms with Gasteiger partial charge in [-0.1, -0.05) is 29.8 Å². The molecule has 1 heterocycles. The molecule has 0 radical (unpaired) electrons. The van der Waals surface area contributed by atoms with Gasteiger partial charge in [0.05, 0.1) is 29.1 Å². The number of sulfonamides is 1. The van der Waals surface area contributed by atoms with Crippen molar-refractivity contribution in [2.24, 2.45) is 0 Å². The minimum atomic E-state index is -4.09. The zero-order valence-electron chi connectivity index (χ0n) is 18.2. The van der Waals surface area contributed by atoms with E-state index in [1.54, 1.807) is 60.7 Å². The molecular formula is C24H23N3O5S. The number of nitrogens with zero attached hydrogens (tertiary/aromatic N) is 2. The van der Waals surface area contributed by atoms with E-state index in [9.17, 15) is 18.0 Å². The highest BCUT2D eigenvalue weighted by Gasteiger charge is 2.32. The van der Waals surface area contributed by atoms with Crippen LogP contribution in [0.4, 0.5) is 17.1 Å². The van der Waals surface area contributed by atoms with Crippen molar-refractivity contribution in [2.45, 2.75) is 11.8 Å². The summed E-state index contributed by atoms with van der Waals surface area (Å²) in [5.41, 5.74) is 2.32. The summed E-state index contributed by atoms with van der Waals surface area (Å²) in [6.07, 6.45) is 0. The average Bonchev–Trinajstić information content (AvgIpc) is 2.82. The number of rotatable bonds is 6. The quantitative estimate of drug-likeness (QED) is 0.603. The summed E-state index contributed by atoms with van der Waals surface area (Å²) in [4.78, 5) is 26.8. The Kier molecular flexibility index (Phi) is 6.06. The zero-order chi connectivity index (χ0) is 23.6. The summed E-state index contributed by atoms with van der Waals surface area (Å²) >= 11 is 0. The molecule has 8 nitrogen and oxygen atoms in total. The molecule has 33 heavy (non-hydrogen) atoms. The van der Waals surface area contributed by atoms with Crippen molar-refractivity contribution >= 4 is 38.9 Å². The van der Waals surface area contributed by atoms with Crippen LogP contribution in [0.25, 0.3) is 0 Å². The highest BCUT2D eigenvalue weighted by atomic mass is 32.2. The molecule has 3 aromatic carbocycles. The second-order valence-electron chi connectivity index (χ2n) is 7.57. The number of nitrogens with one attached hydrogen (secondary N) is 1. The van der Waals surface area contributed by atoms with E-state index in [2.05, 4.69) is 5.32 Å². The molecule has 0 saturated heterocycles. The maximum absolute atomic E-state index is 13.6. The first-order chi connectivity index (χ1) is 15.8. The third-order valence-electron chi connectivity index (χ3n) is 5.32. The molecule has 0 spiro atoms. The SMILES string of the molecule is COc1ccc(S(=O)(=O)N(CC(=O)N2CC(=O)Nc3ccccc32)c2ccc(C)cc2)cc1. The molecule has 0 aliphatic carbocycles. The van der Waals surface area contributed by atoms with E-state index in [0.29, 0.717) is 22.8 Å². The summed E-state index contributed by atoms with van der Waals surface area (Å²) in [7, 11) is -2.59. The van der Waals surface area contributed by atoms with Crippen LogP contribution < -0.4 is 19.3 Å². The molecule has 0 aromatic heterocycles. The van der Waals surface area contributed by atoms with Crippen molar-refractivity contribution in [3.8, 4) is 5.75 Å². The zero-order valence-corrected chi connectivity index (χ0v) is 19.0. The smallest absolute Gasteiger partial charge is 0.264 e.